The van der Waals surface area contributed by atoms with Crippen molar-refractivity contribution in [2.45, 2.75) is 16.8 Å². The van der Waals surface area contributed by atoms with E-state index in [0.29, 0.717) is 0 Å². The Hall–Kier alpha value is -1.68. The van der Waals surface area contributed by atoms with Gasteiger partial charge in [0.25, 0.3) is 0 Å². The highest BCUT2D eigenvalue weighted by Crippen LogP contribution is 2.32. The summed E-state index contributed by atoms with van der Waals surface area (Å²) in [4.78, 5) is 5.38. The van der Waals surface area contributed by atoms with Gasteiger partial charge in [-0.25, -0.2) is 4.98 Å². The van der Waals surface area contributed by atoms with Crippen LogP contribution in [0, 0.1) is 6.92 Å². The maximum absolute atomic E-state index is 5.98. The molecule has 2 N–H and O–H groups in total. The summed E-state index contributed by atoms with van der Waals surface area (Å²) in [5.74, 6) is 0.847. The van der Waals surface area contributed by atoms with Gasteiger partial charge in [-0.05, 0) is 42.8 Å². The number of hydrogen-bond acceptors (Lipinski definition) is 4. The van der Waals surface area contributed by atoms with E-state index in [4.69, 9.17) is 10.5 Å². The van der Waals surface area contributed by atoms with Gasteiger partial charge in [-0.1, -0.05) is 11.8 Å². The Morgan fingerprint density at radius 3 is 2.53 bits per heavy atom. The summed E-state index contributed by atoms with van der Waals surface area (Å²) in [5.41, 5.74) is 7.77. The minimum absolute atomic E-state index is 0.744. The van der Waals surface area contributed by atoms with Crippen molar-refractivity contribution < 1.29 is 4.74 Å². The number of pyridine rings is 1. The van der Waals surface area contributed by atoms with Gasteiger partial charge in [-0.15, -0.1) is 0 Å². The van der Waals surface area contributed by atoms with Crippen LogP contribution in [-0.2, 0) is 0 Å². The van der Waals surface area contributed by atoms with E-state index in [-0.39, 0.29) is 0 Å². The number of ether oxygens (including phenoxy) is 1. The van der Waals surface area contributed by atoms with E-state index in [1.54, 1.807) is 25.1 Å². The summed E-state index contributed by atoms with van der Waals surface area (Å²) in [6, 6.07) is 9.75. The van der Waals surface area contributed by atoms with Crippen molar-refractivity contribution in [1.82, 2.24) is 4.98 Å². The molecule has 1 aromatic heterocycles. The van der Waals surface area contributed by atoms with Crippen molar-refractivity contribution in [3.63, 3.8) is 0 Å². The molecule has 1 heterocycles. The van der Waals surface area contributed by atoms with Crippen LogP contribution in [0.1, 0.15) is 5.56 Å². The van der Waals surface area contributed by atoms with Crippen LogP contribution in [0.25, 0.3) is 0 Å². The van der Waals surface area contributed by atoms with Gasteiger partial charge in [0.05, 0.1) is 12.8 Å². The average molecular weight is 246 g/mol. The quantitative estimate of drug-likeness (QED) is 0.904. The van der Waals surface area contributed by atoms with E-state index in [1.807, 2.05) is 37.3 Å². The van der Waals surface area contributed by atoms with E-state index in [0.717, 1.165) is 26.9 Å². The summed E-state index contributed by atoms with van der Waals surface area (Å²) in [6.45, 7) is 1.98. The van der Waals surface area contributed by atoms with E-state index >= 15 is 0 Å². The zero-order chi connectivity index (χ0) is 12.3. The van der Waals surface area contributed by atoms with Crippen molar-refractivity contribution in [1.29, 1.82) is 0 Å². The highest BCUT2D eigenvalue weighted by molar-refractivity contribution is 7.99. The molecule has 0 fully saturated rings. The number of methoxy groups -OCH3 is 1. The number of aromatic nitrogens is 1. The lowest BCUT2D eigenvalue weighted by Crippen LogP contribution is -1.94. The molecule has 0 spiro atoms. The second kappa shape index (κ2) is 5.10. The zero-order valence-electron chi connectivity index (χ0n) is 9.81. The highest BCUT2D eigenvalue weighted by atomic mass is 32.2. The van der Waals surface area contributed by atoms with E-state index in [2.05, 4.69) is 4.98 Å². The van der Waals surface area contributed by atoms with Crippen LogP contribution in [0.5, 0.6) is 5.75 Å². The lowest BCUT2D eigenvalue weighted by atomic mass is 10.3. The van der Waals surface area contributed by atoms with Gasteiger partial charge in [0, 0.05) is 11.1 Å². The molecule has 0 amide bonds. The van der Waals surface area contributed by atoms with Crippen LogP contribution in [0.2, 0.25) is 0 Å². The molecule has 0 atom stereocenters. The Morgan fingerprint density at radius 2 is 1.88 bits per heavy atom. The fourth-order valence-electron chi connectivity index (χ4n) is 1.38. The number of benzene rings is 1. The van der Waals surface area contributed by atoms with E-state index < -0.39 is 0 Å². The van der Waals surface area contributed by atoms with Gasteiger partial charge in [0.15, 0.2) is 0 Å². The molecule has 88 valence electrons. The van der Waals surface area contributed by atoms with Crippen LogP contribution in [0.15, 0.2) is 46.5 Å². The van der Waals surface area contributed by atoms with Crippen LogP contribution < -0.4 is 10.5 Å². The first kappa shape index (κ1) is 11.8. The maximum atomic E-state index is 5.98. The molecule has 3 nitrogen and oxygen atoms in total. The highest BCUT2D eigenvalue weighted by Gasteiger charge is 2.05. The van der Waals surface area contributed by atoms with Gasteiger partial charge in [-0.3, -0.25) is 0 Å². The molecule has 0 saturated heterocycles. The topological polar surface area (TPSA) is 48.1 Å². The fraction of sp³-hybridized carbons (Fsp3) is 0.154. The minimum atomic E-state index is 0.744. The first-order chi connectivity index (χ1) is 8.20. The number of rotatable bonds is 3. The summed E-state index contributed by atoms with van der Waals surface area (Å²) in [6.07, 6.45) is 1.78. The van der Waals surface area contributed by atoms with Gasteiger partial charge >= 0.3 is 0 Å². The summed E-state index contributed by atoms with van der Waals surface area (Å²) < 4.78 is 5.11. The fourth-order valence-corrected chi connectivity index (χ4v) is 2.26. The SMILES string of the molecule is COc1ccc(Sc2nccc(C)c2N)cc1. The zero-order valence-corrected chi connectivity index (χ0v) is 10.6. The molecule has 2 aromatic rings. The van der Waals surface area contributed by atoms with Crippen LogP contribution >= 0.6 is 11.8 Å². The molecule has 0 saturated carbocycles. The van der Waals surface area contributed by atoms with E-state index in [1.165, 1.54) is 0 Å². The second-order valence-corrected chi connectivity index (χ2v) is 4.69. The lowest BCUT2D eigenvalue weighted by molar-refractivity contribution is 0.414. The Morgan fingerprint density at radius 1 is 1.18 bits per heavy atom. The molecule has 0 aliphatic heterocycles. The molecule has 0 aliphatic rings. The third-order valence-electron chi connectivity index (χ3n) is 2.45. The molecule has 0 radical (unpaired) electrons. The molecule has 17 heavy (non-hydrogen) atoms. The molecular weight excluding hydrogens is 232 g/mol. The molecule has 1 aromatic carbocycles. The first-order valence-electron chi connectivity index (χ1n) is 5.23. The Balaban J connectivity index is 2.22. The Bertz CT molecular complexity index is 511. The Labute approximate surface area is 105 Å². The van der Waals surface area contributed by atoms with Crippen LogP contribution in [-0.4, -0.2) is 12.1 Å². The van der Waals surface area contributed by atoms with Gasteiger partial charge in [-0.2, -0.15) is 0 Å². The predicted octanol–water partition coefficient (Wildman–Crippen LogP) is 3.13. The third-order valence-corrected chi connectivity index (χ3v) is 3.47. The largest absolute Gasteiger partial charge is 0.497 e. The monoisotopic (exact) mass is 246 g/mol. The van der Waals surface area contributed by atoms with Gasteiger partial charge in [0.2, 0.25) is 0 Å². The van der Waals surface area contributed by atoms with Crippen molar-refractivity contribution >= 4 is 17.4 Å². The van der Waals surface area contributed by atoms with Crippen molar-refractivity contribution in [3.8, 4) is 5.75 Å². The second-order valence-electron chi connectivity index (χ2n) is 3.62. The first-order valence-corrected chi connectivity index (χ1v) is 6.05. The molecule has 0 unspecified atom stereocenters. The average Bonchev–Trinajstić information content (AvgIpc) is 2.36. The van der Waals surface area contributed by atoms with Crippen molar-refractivity contribution in [2.24, 2.45) is 0 Å². The summed E-state index contributed by atoms with van der Waals surface area (Å²) >= 11 is 1.56. The third kappa shape index (κ3) is 2.71. The summed E-state index contributed by atoms with van der Waals surface area (Å²) in [5, 5.41) is 0.843. The molecule has 0 bridgehead atoms. The van der Waals surface area contributed by atoms with E-state index in [9.17, 15) is 0 Å². The van der Waals surface area contributed by atoms with Crippen molar-refractivity contribution in [2.75, 3.05) is 12.8 Å². The molecule has 0 aliphatic carbocycles. The minimum Gasteiger partial charge on any atom is -0.497 e. The molecule has 2 rings (SSSR count). The molecular formula is C13H14N2OS. The molecule has 4 heteroatoms. The standard InChI is InChI=1S/C13H14N2OS/c1-9-7-8-15-13(12(9)14)17-11-5-3-10(16-2)4-6-11/h3-8H,14H2,1-2H3. The number of anilines is 1. The van der Waals surface area contributed by atoms with Gasteiger partial charge < -0.3 is 10.5 Å². The van der Waals surface area contributed by atoms with Crippen LogP contribution in [0.4, 0.5) is 5.69 Å². The number of aryl methyl sites for hydroxylation is 1. The summed E-state index contributed by atoms with van der Waals surface area (Å²) in [7, 11) is 1.66. The number of nitrogens with two attached hydrogens (primary N) is 1. The predicted molar refractivity (Wildman–Crippen MR) is 70.5 cm³/mol. The van der Waals surface area contributed by atoms with Crippen molar-refractivity contribution in [3.05, 3.63) is 42.1 Å². The van der Waals surface area contributed by atoms with Crippen LogP contribution in [0.3, 0.4) is 0 Å². The lowest BCUT2D eigenvalue weighted by Gasteiger charge is -2.07. The number of nitrogens with zero attached hydrogens (tertiary/aromatic N) is 1. The number of nitrogen functional groups attached to an aromatic ring is 1. The Kier molecular flexibility index (Phi) is 3.54. The number of hydrogen-bond donors (Lipinski definition) is 1. The maximum Gasteiger partial charge on any atom is 0.124 e. The normalized spacial score (nSPS) is 10.2. The smallest absolute Gasteiger partial charge is 0.124 e. The van der Waals surface area contributed by atoms with Gasteiger partial charge in [0.1, 0.15) is 10.8 Å².